The summed E-state index contributed by atoms with van der Waals surface area (Å²) in [7, 11) is 2.17. The van der Waals surface area contributed by atoms with Crippen molar-refractivity contribution in [3.63, 3.8) is 0 Å². The quantitative estimate of drug-likeness (QED) is 0.281. The van der Waals surface area contributed by atoms with E-state index in [1.165, 1.54) is 11.3 Å². The van der Waals surface area contributed by atoms with Crippen LogP contribution in [0.4, 0.5) is 22.4 Å². The number of aromatic nitrogens is 4. The molecule has 3 aromatic rings. The van der Waals surface area contributed by atoms with Gasteiger partial charge in [-0.05, 0) is 50.6 Å². The monoisotopic (exact) mass is 502 g/mol. The van der Waals surface area contributed by atoms with E-state index < -0.39 is 11.9 Å². The van der Waals surface area contributed by atoms with Crippen molar-refractivity contribution in [1.82, 2.24) is 35.1 Å². The zero-order valence-electron chi connectivity index (χ0n) is 20.7. The van der Waals surface area contributed by atoms with Crippen molar-refractivity contribution in [2.75, 3.05) is 48.8 Å². The van der Waals surface area contributed by atoms with Crippen LogP contribution in [0.2, 0.25) is 0 Å². The van der Waals surface area contributed by atoms with Crippen LogP contribution in [0.25, 0.3) is 11.7 Å². The van der Waals surface area contributed by atoms with E-state index in [9.17, 15) is 9.59 Å². The van der Waals surface area contributed by atoms with Crippen LogP contribution in [0.3, 0.4) is 0 Å². The first-order valence-corrected chi connectivity index (χ1v) is 12.6. The molecule has 192 valence electrons. The van der Waals surface area contributed by atoms with Crippen molar-refractivity contribution in [3.8, 4) is 0 Å². The van der Waals surface area contributed by atoms with E-state index in [-0.39, 0.29) is 5.70 Å². The maximum absolute atomic E-state index is 12.0. The summed E-state index contributed by atoms with van der Waals surface area (Å²) >= 11 is 0. The van der Waals surface area contributed by atoms with E-state index in [4.69, 9.17) is 9.97 Å². The molecule has 0 radical (unpaired) electrons. The molecule has 4 N–H and O–H groups in total. The maximum atomic E-state index is 12.0. The lowest BCUT2D eigenvalue weighted by Crippen LogP contribution is -2.29. The highest BCUT2D eigenvalue weighted by Gasteiger charge is 2.26. The molecule has 3 aliphatic rings. The van der Waals surface area contributed by atoms with Crippen molar-refractivity contribution in [3.05, 3.63) is 47.3 Å². The van der Waals surface area contributed by atoms with Crippen LogP contribution in [-0.2, 0) is 11.3 Å². The first-order valence-electron chi connectivity index (χ1n) is 12.6. The van der Waals surface area contributed by atoms with Crippen LogP contribution in [0.5, 0.6) is 0 Å². The van der Waals surface area contributed by atoms with Crippen LogP contribution < -0.4 is 26.2 Å². The molecule has 6 rings (SSSR count). The Kier molecular flexibility index (Phi) is 6.08. The normalized spacial score (nSPS) is 19.7. The summed E-state index contributed by atoms with van der Waals surface area (Å²) in [4.78, 5) is 37.8. The van der Waals surface area contributed by atoms with Crippen LogP contribution in [-0.4, -0.2) is 75.7 Å². The second-order valence-electron chi connectivity index (χ2n) is 9.72. The minimum absolute atomic E-state index is 0.154. The summed E-state index contributed by atoms with van der Waals surface area (Å²) in [5.74, 6) is 0.564. The Morgan fingerprint density at radius 2 is 1.95 bits per heavy atom. The molecule has 12 heteroatoms. The lowest BCUT2D eigenvalue weighted by molar-refractivity contribution is -0.115. The van der Waals surface area contributed by atoms with Crippen molar-refractivity contribution >= 4 is 41.2 Å². The molecule has 1 aliphatic carbocycles. The van der Waals surface area contributed by atoms with Crippen LogP contribution in [0.15, 0.2) is 36.2 Å². The molecule has 37 heavy (non-hydrogen) atoms. The van der Waals surface area contributed by atoms with E-state index in [0.717, 1.165) is 45.4 Å². The van der Waals surface area contributed by atoms with Gasteiger partial charge in [0.05, 0.1) is 6.20 Å². The predicted octanol–water partition coefficient (Wildman–Crippen LogP) is 1.63. The number of likely N-dealkylation sites (N-methyl/N-ethyl adjacent to an activating group) is 1. The number of amides is 3. The lowest BCUT2D eigenvalue weighted by atomic mass is 10.1. The Morgan fingerprint density at radius 1 is 1.08 bits per heavy atom. The minimum atomic E-state index is -0.546. The number of imide groups is 1. The topological polar surface area (TPSA) is 132 Å². The number of benzene rings is 1. The second-order valence-corrected chi connectivity index (χ2v) is 9.72. The highest BCUT2D eigenvalue weighted by molar-refractivity contribution is 6.14. The molecule has 1 aromatic carbocycles. The van der Waals surface area contributed by atoms with Gasteiger partial charge in [0.25, 0.3) is 5.91 Å². The van der Waals surface area contributed by atoms with Crippen molar-refractivity contribution in [2.45, 2.75) is 31.8 Å². The van der Waals surface area contributed by atoms with E-state index in [2.05, 4.69) is 67.5 Å². The molecular formula is C25H30N10O2. The molecule has 2 aliphatic heterocycles. The van der Waals surface area contributed by atoms with Crippen LogP contribution >= 0.6 is 0 Å². The summed E-state index contributed by atoms with van der Waals surface area (Å²) in [6.07, 6.45) is 6.48. The lowest BCUT2D eigenvalue weighted by Gasteiger charge is -2.25. The van der Waals surface area contributed by atoms with Crippen molar-refractivity contribution in [1.29, 1.82) is 0 Å². The van der Waals surface area contributed by atoms with Gasteiger partial charge in [0.15, 0.2) is 5.65 Å². The van der Waals surface area contributed by atoms with Gasteiger partial charge < -0.3 is 25.8 Å². The Morgan fingerprint density at radius 3 is 2.76 bits per heavy atom. The summed E-state index contributed by atoms with van der Waals surface area (Å²) in [6.45, 7) is 4.72. The number of carbonyl (C=O) groups excluding carboxylic acids is 2. The average molecular weight is 503 g/mol. The molecular weight excluding hydrogens is 472 g/mol. The maximum Gasteiger partial charge on any atom is 0.326 e. The average Bonchev–Trinajstić information content (AvgIpc) is 3.58. The van der Waals surface area contributed by atoms with E-state index >= 15 is 0 Å². The van der Waals surface area contributed by atoms with Gasteiger partial charge in [0, 0.05) is 43.5 Å². The van der Waals surface area contributed by atoms with Gasteiger partial charge in [-0.3, -0.25) is 10.1 Å². The van der Waals surface area contributed by atoms with E-state index in [1.807, 2.05) is 0 Å². The number of nitrogens with zero attached hydrogens (tertiary/aromatic N) is 6. The Hall–Kier alpha value is -4.19. The molecule has 1 saturated carbocycles. The van der Waals surface area contributed by atoms with Crippen LogP contribution in [0.1, 0.15) is 30.4 Å². The van der Waals surface area contributed by atoms with Gasteiger partial charge in [0.1, 0.15) is 5.70 Å². The molecule has 3 fully saturated rings. The standard InChI is InChI=1S/C25H30N10O2/c1-33-9-4-10-34(12-11-33)20-6-3-2-5-16(20)14-26-23-30-21-17(13-19-22(36)31-25(37)29-19)15-27-35(21)24(32-23)28-18-7-8-18/h2-3,5-6,13,15,18H,4,7-12,14H2,1H3,(H2,26,28,30,32)(H2,29,31,36,37)/b19-13-. The fourth-order valence-corrected chi connectivity index (χ4v) is 4.65. The fraction of sp³-hybridized carbons (Fsp3) is 0.400. The zero-order valence-corrected chi connectivity index (χ0v) is 20.7. The molecule has 2 saturated heterocycles. The number of carbonyl (C=O) groups is 2. The summed E-state index contributed by atoms with van der Waals surface area (Å²) in [5, 5.41) is 16.0. The molecule has 3 amide bonds. The SMILES string of the molecule is CN1CCCN(c2ccccc2CNc2nc(NC3CC3)n3ncc(/C=C4\NC(=O)NC4=O)c3n2)CC1. The molecule has 0 unspecified atom stereocenters. The molecule has 0 spiro atoms. The number of rotatable bonds is 7. The van der Waals surface area contributed by atoms with Gasteiger partial charge in [0.2, 0.25) is 11.9 Å². The van der Waals surface area contributed by atoms with Crippen molar-refractivity contribution < 1.29 is 9.59 Å². The second kappa shape index (κ2) is 9.69. The van der Waals surface area contributed by atoms with Gasteiger partial charge in [-0.15, -0.1) is 0 Å². The largest absolute Gasteiger partial charge is 0.370 e. The molecule has 4 heterocycles. The Bertz CT molecular complexity index is 1380. The Balaban J connectivity index is 1.29. The number of hydrogen-bond acceptors (Lipinski definition) is 9. The Labute approximate surface area is 214 Å². The summed E-state index contributed by atoms with van der Waals surface area (Å²) in [6, 6.07) is 8.26. The summed E-state index contributed by atoms with van der Waals surface area (Å²) in [5.41, 5.74) is 3.69. The molecule has 2 aromatic heterocycles. The predicted molar refractivity (Wildman–Crippen MR) is 140 cm³/mol. The minimum Gasteiger partial charge on any atom is -0.370 e. The first-order chi connectivity index (χ1) is 18.0. The number of anilines is 3. The molecule has 12 nitrogen and oxygen atoms in total. The fourth-order valence-electron chi connectivity index (χ4n) is 4.65. The van der Waals surface area contributed by atoms with Gasteiger partial charge in [-0.1, -0.05) is 18.2 Å². The third-order valence-electron chi connectivity index (χ3n) is 6.81. The number of urea groups is 1. The smallest absolute Gasteiger partial charge is 0.326 e. The molecule has 0 atom stereocenters. The third kappa shape index (κ3) is 5.05. The van der Waals surface area contributed by atoms with Gasteiger partial charge in [-0.25, -0.2) is 4.79 Å². The van der Waals surface area contributed by atoms with Crippen LogP contribution in [0, 0.1) is 0 Å². The number of fused-ring (bicyclic) bond motifs is 1. The van der Waals surface area contributed by atoms with Gasteiger partial charge in [-0.2, -0.15) is 19.6 Å². The highest BCUT2D eigenvalue weighted by Crippen LogP contribution is 2.27. The number of para-hydroxylation sites is 1. The third-order valence-corrected chi connectivity index (χ3v) is 6.81. The zero-order chi connectivity index (χ0) is 25.4. The van der Waals surface area contributed by atoms with Gasteiger partial charge >= 0.3 is 6.03 Å². The van der Waals surface area contributed by atoms with E-state index in [1.54, 1.807) is 16.8 Å². The number of hydrogen-bond donors (Lipinski definition) is 4. The summed E-state index contributed by atoms with van der Waals surface area (Å²) < 4.78 is 1.63. The first kappa shape index (κ1) is 23.2. The highest BCUT2D eigenvalue weighted by atomic mass is 16.2. The molecule has 0 bridgehead atoms. The number of nitrogens with one attached hydrogen (secondary N) is 4. The van der Waals surface area contributed by atoms with E-state index in [0.29, 0.717) is 35.7 Å². The van der Waals surface area contributed by atoms with Crippen molar-refractivity contribution in [2.24, 2.45) is 0 Å².